The molecule has 1 fully saturated rings. The molecule has 1 N–H and O–H groups in total. The van der Waals surface area contributed by atoms with Gasteiger partial charge in [0.2, 0.25) is 0 Å². The summed E-state index contributed by atoms with van der Waals surface area (Å²) < 4.78 is 1.96. The van der Waals surface area contributed by atoms with Crippen molar-refractivity contribution in [3.05, 3.63) is 53.3 Å². The minimum absolute atomic E-state index is 0.129. The van der Waals surface area contributed by atoms with Crippen LogP contribution in [0.5, 0.6) is 0 Å². The fourth-order valence-corrected chi connectivity index (χ4v) is 3.50. The van der Waals surface area contributed by atoms with Gasteiger partial charge in [0, 0.05) is 13.1 Å². The quantitative estimate of drug-likeness (QED) is 0.885. The van der Waals surface area contributed by atoms with Gasteiger partial charge in [-0.2, -0.15) is 5.10 Å². The molecule has 5 heteroatoms. The van der Waals surface area contributed by atoms with Gasteiger partial charge in [0.1, 0.15) is 0 Å². The Morgan fingerprint density at radius 3 is 2.83 bits per heavy atom. The predicted molar refractivity (Wildman–Crippen MR) is 95.1 cm³/mol. The Labute approximate surface area is 143 Å². The largest absolute Gasteiger partial charge is 0.338 e. The Hall–Kier alpha value is -2.14. The maximum atomic E-state index is 12.9. The van der Waals surface area contributed by atoms with Gasteiger partial charge in [-0.25, -0.2) is 0 Å². The van der Waals surface area contributed by atoms with Crippen molar-refractivity contribution in [3.63, 3.8) is 0 Å². The minimum Gasteiger partial charge on any atom is -0.338 e. The molecule has 0 aliphatic carbocycles. The van der Waals surface area contributed by atoms with E-state index >= 15 is 0 Å². The lowest BCUT2D eigenvalue weighted by molar-refractivity contribution is 0.0786. The molecule has 0 radical (unpaired) electrons. The molecule has 1 atom stereocenters. The van der Waals surface area contributed by atoms with Crippen LogP contribution in [-0.2, 0) is 13.0 Å². The number of benzene rings is 1. The van der Waals surface area contributed by atoms with Crippen molar-refractivity contribution in [2.45, 2.75) is 26.3 Å². The third-order valence-electron chi connectivity index (χ3n) is 4.76. The van der Waals surface area contributed by atoms with Gasteiger partial charge in [-0.05, 0) is 37.9 Å². The zero-order valence-corrected chi connectivity index (χ0v) is 14.5. The van der Waals surface area contributed by atoms with Crippen molar-refractivity contribution in [1.29, 1.82) is 0 Å². The highest BCUT2D eigenvalue weighted by Crippen LogP contribution is 2.20. The number of carbonyl (C=O) groups is 1. The number of aromatic nitrogens is 2. The summed E-state index contributed by atoms with van der Waals surface area (Å²) in [7, 11) is 1.97. The number of carbonyl (C=O) groups excluding carboxylic acids is 1. The van der Waals surface area contributed by atoms with E-state index in [1.165, 1.54) is 5.56 Å². The normalized spacial score (nSPS) is 17.4. The highest BCUT2D eigenvalue weighted by molar-refractivity contribution is 5.95. The van der Waals surface area contributed by atoms with E-state index in [2.05, 4.69) is 29.5 Å². The van der Waals surface area contributed by atoms with Crippen LogP contribution in [0.25, 0.3) is 0 Å². The van der Waals surface area contributed by atoms with E-state index in [9.17, 15) is 4.79 Å². The summed E-state index contributed by atoms with van der Waals surface area (Å²) in [4.78, 5) is 14.9. The van der Waals surface area contributed by atoms with E-state index in [1.54, 1.807) is 6.20 Å². The molecule has 128 valence electrons. The van der Waals surface area contributed by atoms with E-state index in [-0.39, 0.29) is 5.91 Å². The van der Waals surface area contributed by atoms with Gasteiger partial charge in [0.05, 0.1) is 24.0 Å². The maximum Gasteiger partial charge on any atom is 0.257 e. The van der Waals surface area contributed by atoms with Crippen molar-refractivity contribution >= 4 is 5.91 Å². The fraction of sp³-hybridized carbons (Fsp3) is 0.474. The van der Waals surface area contributed by atoms with E-state index in [0.29, 0.717) is 12.5 Å². The van der Waals surface area contributed by atoms with Crippen molar-refractivity contribution < 1.29 is 4.79 Å². The van der Waals surface area contributed by atoms with Crippen LogP contribution >= 0.6 is 0 Å². The lowest BCUT2D eigenvalue weighted by atomic mass is 10.1. The van der Waals surface area contributed by atoms with Crippen LogP contribution in [0.15, 0.2) is 36.5 Å². The first-order valence-corrected chi connectivity index (χ1v) is 8.75. The highest BCUT2D eigenvalue weighted by Gasteiger charge is 2.28. The van der Waals surface area contributed by atoms with Crippen LogP contribution in [0.2, 0.25) is 0 Å². The summed E-state index contributed by atoms with van der Waals surface area (Å²) >= 11 is 0. The molecule has 1 amide bonds. The smallest absolute Gasteiger partial charge is 0.257 e. The molecule has 0 spiro atoms. The van der Waals surface area contributed by atoms with E-state index < -0.39 is 0 Å². The van der Waals surface area contributed by atoms with Crippen molar-refractivity contribution in [2.24, 2.45) is 5.92 Å². The summed E-state index contributed by atoms with van der Waals surface area (Å²) in [6.07, 6.45) is 3.63. The Kier molecular flexibility index (Phi) is 5.30. The Bertz CT molecular complexity index is 680. The zero-order valence-electron chi connectivity index (χ0n) is 14.5. The molecule has 24 heavy (non-hydrogen) atoms. The summed E-state index contributed by atoms with van der Waals surface area (Å²) in [6, 6.07) is 10.2. The molecule has 0 saturated carbocycles. The third kappa shape index (κ3) is 3.51. The van der Waals surface area contributed by atoms with Gasteiger partial charge < -0.3 is 10.2 Å². The Morgan fingerprint density at radius 1 is 1.33 bits per heavy atom. The standard InChI is InChI=1S/C19H26N4O/c1-3-18-17(19(24)22-10-9-16(13-22)11-20-2)12-21-23(18)14-15-7-5-4-6-8-15/h4-8,12,16,20H,3,9-11,13-14H2,1-2H3/t16-/m0/s1. The average Bonchev–Trinajstić information content (AvgIpc) is 3.22. The number of likely N-dealkylation sites (tertiary alicyclic amines) is 1. The molecular formula is C19H26N4O. The molecule has 1 aromatic heterocycles. The monoisotopic (exact) mass is 326 g/mol. The summed E-state index contributed by atoms with van der Waals surface area (Å²) in [6.45, 7) is 5.45. The lowest BCUT2D eigenvalue weighted by Crippen LogP contribution is -2.30. The Morgan fingerprint density at radius 2 is 2.12 bits per heavy atom. The molecule has 0 bridgehead atoms. The molecule has 1 aliphatic rings. The van der Waals surface area contributed by atoms with Gasteiger partial charge in [-0.15, -0.1) is 0 Å². The number of hydrogen-bond acceptors (Lipinski definition) is 3. The first kappa shape index (κ1) is 16.7. The van der Waals surface area contributed by atoms with E-state index in [0.717, 1.165) is 43.7 Å². The fourth-order valence-electron chi connectivity index (χ4n) is 3.50. The molecule has 3 rings (SSSR count). The maximum absolute atomic E-state index is 12.9. The lowest BCUT2D eigenvalue weighted by Gasteiger charge is -2.17. The summed E-state index contributed by atoms with van der Waals surface area (Å²) in [5, 5.41) is 7.70. The first-order valence-electron chi connectivity index (χ1n) is 8.75. The molecule has 1 aliphatic heterocycles. The number of rotatable bonds is 6. The van der Waals surface area contributed by atoms with Crippen molar-refractivity contribution in [3.8, 4) is 0 Å². The zero-order chi connectivity index (χ0) is 16.9. The third-order valence-corrected chi connectivity index (χ3v) is 4.76. The second-order valence-corrected chi connectivity index (χ2v) is 6.47. The molecule has 5 nitrogen and oxygen atoms in total. The van der Waals surface area contributed by atoms with Crippen molar-refractivity contribution in [2.75, 3.05) is 26.7 Å². The number of hydrogen-bond donors (Lipinski definition) is 1. The minimum atomic E-state index is 0.129. The second-order valence-electron chi connectivity index (χ2n) is 6.47. The van der Waals surface area contributed by atoms with Gasteiger partial charge in [-0.1, -0.05) is 37.3 Å². The van der Waals surface area contributed by atoms with Crippen molar-refractivity contribution in [1.82, 2.24) is 20.0 Å². The van der Waals surface area contributed by atoms with Crippen LogP contribution in [0, 0.1) is 5.92 Å². The van der Waals surface area contributed by atoms with E-state index in [4.69, 9.17) is 0 Å². The highest BCUT2D eigenvalue weighted by atomic mass is 16.2. The summed E-state index contributed by atoms with van der Waals surface area (Å²) in [5.74, 6) is 0.688. The molecule has 2 aromatic rings. The molecule has 1 aromatic carbocycles. The van der Waals surface area contributed by atoms with E-state index in [1.807, 2.05) is 34.8 Å². The molecule has 0 unspecified atom stereocenters. The second kappa shape index (κ2) is 7.62. The number of amides is 1. The van der Waals surface area contributed by atoms with Crippen LogP contribution in [0.3, 0.4) is 0 Å². The topological polar surface area (TPSA) is 50.2 Å². The first-order chi connectivity index (χ1) is 11.7. The van der Waals surface area contributed by atoms with Crippen LogP contribution in [0.1, 0.15) is 35.0 Å². The van der Waals surface area contributed by atoms with Crippen LogP contribution in [-0.4, -0.2) is 47.3 Å². The molecule has 1 saturated heterocycles. The van der Waals surface area contributed by atoms with Gasteiger partial charge >= 0.3 is 0 Å². The number of nitrogens with one attached hydrogen (secondary N) is 1. The molecule has 2 heterocycles. The molecular weight excluding hydrogens is 300 g/mol. The summed E-state index contributed by atoms with van der Waals surface area (Å²) in [5.41, 5.74) is 2.99. The van der Waals surface area contributed by atoms with Gasteiger partial charge in [-0.3, -0.25) is 9.48 Å². The van der Waals surface area contributed by atoms with Gasteiger partial charge in [0.25, 0.3) is 5.91 Å². The predicted octanol–water partition coefficient (Wildman–Crippen LogP) is 2.18. The van der Waals surface area contributed by atoms with Crippen LogP contribution in [0.4, 0.5) is 0 Å². The average molecular weight is 326 g/mol. The Balaban J connectivity index is 1.75. The SMILES string of the molecule is CCc1c(C(=O)N2CC[C@@H](CNC)C2)cnn1Cc1ccccc1. The van der Waals surface area contributed by atoms with Crippen LogP contribution < -0.4 is 5.32 Å². The number of nitrogens with zero attached hydrogens (tertiary/aromatic N) is 3. The van der Waals surface area contributed by atoms with Gasteiger partial charge in [0.15, 0.2) is 0 Å².